The number of hydrogen-bond acceptors (Lipinski definition) is 2. The molecule has 208 valence electrons. The minimum Gasteiger partial charge on any atom is -0.299 e. The van der Waals surface area contributed by atoms with Crippen molar-refractivity contribution in [3.8, 4) is 11.1 Å². The van der Waals surface area contributed by atoms with Gasteiger partial charge in [0.2, 0.25) is 0 Å². The number of rotatable bonds is 18. The van der Waals surface area contributed by atoms with Crippen LogP contribution in [0.3, 0.4) is 0 Å². The highest BCUT2D eigenvalue weighted by Crippen LogP contribution is 2.38. The van der Waals surface area contributed by atoms with E-state index in [1.165, 1.54) is 101 Å². The molecule has 0 bridgehead atoms. The maximum Gasteiger partial charge on any atom is 0.170 e. The minimum absolute atomic E-state index is 0.0233. The molecule has 0 radical (unpaired) electrons. The predicted molar refractivity (Wildman–Crippen MR) is 162 cm³/mol. The molecule has 0 heterocycles. The van der Waals surface area contributed by atoms with Gasteiger partial charge in [0.25, 0.3) is 0 Å². The van der Waals surface area contributed by atoms with Gasteiger partial charge in [0, 0.05) is 12.0 Å². The van der Waals surface area contributed by atoms with Crippen molar-refractivity contribution in [1.82, 2.24) is 0 Å². The fourth-order valence-corrected chi connectivity index (χ4v) is 6.07. The van der Waals surface area contributed by atoms with Crippen molar-refractivity contribution in [1.29, 1.82) is 0 Å². The number of ketones is 2. The Kier molecular flexibility index (Phi) is 13.9. The van der Waals surface area contributed by atoms with E-state index < -0.39 is 0 Å². The zero-order valence-corrected chi connectivity index (χ0v) is 24.3. The van der Waals surface area contributed by atoms with E-state index in [0.29, 0.717) is 17.9 Å². The first-order valence-electron chi connectivity index (χ1n) is 15.9. The SMILES string of the molecule is CCCCCCCCCCCC1CCC(c2ccc(-c3ccc(C(=O)CC(=O)CCCC)cc3)cc2)CC1. The Labute approximate surface area is 233 Å². The monoisotopic (exact) mass is 516 g/mol. The Balaban J connectivity index is 1.36. The van der Waals surface area contributed by atoms with Gasteiger partial charge in [-0.25, -0.2) is 0 Å². The molecular formula is C36H52O2. The van der Waals surface area contributed by atoms with E-state index in [1.54, 1.807) is 0 Å². The number of carbonyl (C=O) groups excluding carboxylic acids is 2. The van der Waals surface area contributed by atoms with Crippen molar-refractivity contribution < 1.29 is 9.59 Å². The maximum atomic E-state index is 12.4. The number of unbranched alkanes of at least 4 members (excludes halogenated alkanes) is 9. The van der Waals surface area contributed by atoms with E-state index in [2.05, 4.69) is 38.1 Å². The lowest BCUT2D eigenvalue weighted by Gasteiger charge is -2.29. The molecule has 3 rings (SSSR count). The lowest BCUT2D eigenvalue weighted by atomic mass is 9.77. The van der Waals surface area contributed by atoms with Crippen LogP contribution < -0.4 is 0 Å². The Morgan fingerprint density at radius 2 is 1.16 bits per heavy atom. The quantitative estimate of drug-likeness (QED) is 0.112. The summed E-state index contributed by atoms with van der Waals surface area (Å²) in [5.74, 6) is 1.63. The predicted octanol–water partition coefficient (Wildman–Crippen LogP) is 10.9. The van der Waals surface area contributed by atoms with Crippen LogP contribution in [0.1, 0.15) is 151 Å². The molecule has 0 unspecified atom stereocenters. The highest BCUT2D eigenvalue weighted by molar-refractivity contribution is 6.08. The normalized spacial score (nSPS) is 17.4. The van der Waals surface area contributed by atoms with Gasteiger partial charge in [0.15, 0.2) is 5.78 Å². The molecule has 2 aromatic carbocycles. The van der Waals surface area contributed by atoms with Crippen molar-refractivity contribution in [3.05, 3.63) is 59.7 Å². The van der Waals surface area contributed by atoms with Gasteiger partial charge in [-0.3, -0.25) is 9.59 Å². The number of Topliss-reactive ketones (excluding diaryl/α,β-unsaturated/α-hetero) is 2. The smallest absolute Gasteiger partial charge is 0.170 e. The molecule has 0 amide bonds. The molecular weight excluding hydrogens is 464 g/mol. The highest BCUT2D eigenvalue weighted by Gasteiger charge is 2.22. The van der Waals surface area contributed by atoms with Crippen molar-refractivity contribution in [2.24, 2.45) is 5.92 Å². The van der Waals surface area contributed by atoms with Crippen LogP contribution in [0.25, 0.3) is 11.1 Å². The molecule has 2 nitrogen and oxygen atoms in total. The van der Waals surface area contributed by atoms with E-state index >= 15 is 0 Å². The van der Waals surface area contributed by atoms with Gasteiger partial charge in [0.05, 0.1) is 6.42 Å². The number of carbonyl (C=O) groups is 2. The summed E-state index contributed by atoms with van der Waals surface area (Å²) in [7, 11) is 0. The van der Waals surface area contributed by atoms with Gasteiger partial charge < -0.3 is 0 Å². The highest BCUT2D eigenvalue weighted by atomic mass is 16.1. The van der Waals surface area contributed by atoms with Crippen molar-refractivity contribution in [3.63, 3.8) is 0 Å². The Morgan fingerprint density at radius 1 is 0.632 bits per heavy atom. The third-order valence-corrected chi connectivity index (χ3v) is 8.65. The molecule has 0 atom stereocenters. The summed E-state index contributed by atoms with van der Waals surface area (Å²) in [4.78, 5) is 24.4. The molecule has 0 spiro atoms. The van der Waals surface area contributed by atoms with Crippen LogP contribution in [-0.4, -0.2) is 11.6 Å². The first kappa shape index (κ1) is 30.3. The minimum atomic E-state index is -0.0681. The summed E-state index contributed by atoms with van der Waals surface area (Å²) in [6.45, 7) is 4.35. The van der Waals surface area contributed by atoms with E-state index in [0.717, 1.165) is 24.3 Å². The van der Waals surface area contributed by atoms with Gasteiger partial charge in [-0.1, -0.05) is 133 Å². The standard InChI is InChI=1S/C36H52O2/c1-3-5-7-8-9-10-11-12-13-14-29-16-18-30(19-17-29)31-20-22-32(23-21-31)33-24-26-34(27-25-33)36(38)28-35(37)15-6-4-2/h20-27,29-30H,3-19,28H2,1-2H3. The Hall–Kier alpha value is -2.22. The molecule has 1 aliphatic carbocycles. The average Bonchev–Trinajstić information content (AvgIpc) is 2.95. The van der Waals surface area contributed by atoms with Crippen molar-refractivity contribution in [2.75, 3.05) is 0 Å². The van der Waals surface area contributed by atoms with Crippen molar-refractivity contribution >= 4 is 11.6 Å². The van der Waals surface area contributed by atoms with E-state index in [9.17, 15) is 9.59 Å². The molecule has 2 heteroatoms. The zero-order chi connectivity index (χ0) is 27.0. The molecule has 0 aliphatic heterocycles. The van der Waals surface area contributed by atoms with Crippen LogP contribution in [0.5, 0.6) is 0 Å². The Morgan fingerprint density at radius 3 is 1.74 bits per heavy atom. The summed E-state index contributed by atoms with van der Waals surface area (Å²) >= 11 is 0. The van der Waals surface area contributed by atoms with Crippen LogP contribution in [0, 0.1) is 5.92 Å². The fourth-order valence-electron chi connectivity index (χ4n) is 6.07. The molecule has 2 aromatic rings. The number of benzene rings is 2. The Bertz CT molecular complexity index is 932. The topological polar surface area (TPSA) is 34.1 Å². The van der Waals surface area contributed by atoms with E-state index in [1.807, 2.05) is 24.3 Å². The first-order valence-corrected chi connectivity index (χ1v) is 15.9. The fraction of sp³-hybridized carbons (Fsp3) is 0.611. The lowest BCUT2D eigenvalue weighted by molar-refractivity contribution is -0.118. The molecule has 0 N–H and O–H groups in total. The third-order valence-electron chi connectivity index (χ3n) is 8.65. The zero-order valence-electron chi connectivity index (χ0n) is 24.3. The van der Waals surface area contributed by atoms with Crippen LogP contribution in [0.4, 0.5) is 0 Å². The average molecular weight is 517 g/mol. The molecule has 0 aromatic heterocycles. The van der Waals surface area contributed by atoms with E-state index in [4.69, 9.17) is 0 Å². The molecule has 1 aliphatic rings. The second-order valence-corrected chi connectivity index (χ2v) is 11.8. The van der Waals surface area contributed by atoms with Crippen LogP contribution in [-0.2, 0) is 4.79 Å². The largest absolute Gasteiger partial charge is 0.299 e. The summed E-state index contributed by atoms with van der Waals surface area (Å²) in [5, 5.41) is 0. The van der Waals surface area contributed by atoms with Gasteiger partial charge in [-0.05, 0) is 60.6 Å². The van der Waals surface area contributed by atoms with Gasteiger partial charge in [-0.2, -0.15) is 0 Å². The molecule has 0 saturated heterocycles. The molecule has 1 fully saturated rings. The molecule has 1 saturated carbocycles. The van der Waals surface area contributed by atoms with Crippen LogP contribution in [0.15, 0.2) is 48.5 Å². The maximum absolute atomic E-state index is 12.4. The van der Waals surface area contributed by atoms with Gasteiger partial charge >= 0.3 is 0 Å². The number of hydrogen-bond donors (Lipinski definition) is 0. The second-order valence-electron chi connectivity index (χ2n) is 11.8. The second kappa shape index (κ2) is 17.4. The summed E-state index contributed by atoms with van der Waals surface area (Å²) in [5.41, 5.74) is 4.42. The molecule has 38 heavy (non-hydrogen) atoms. The van der Waals surface area contributed by atoms with Crippen LogP contribution >= 0.6 is 0 Å². The third kappa shape index (κ3) is 10.5. The summed E-state index contributed by atoms with van der Waals surface area (Å²) in [6, 6.07) is 16.8. The van der Waals surface area contributed by atoms with Gasteiger partial charge in [0.1, 0.15) is 5.78 Å². The van der Waals surface area contributed by atoms with Crippen molar-refractivity contribution in [2.45, 2.75) is 135 Å². The van der Waals surface area contributed by atoms with Crippen LogP contribution in [0.2, 0.25) is 0 Å². The van der Waals surface area contributed by atoms with E-state index in [-0.39, 0.29) is 18.0 Å². The first-order chi connectivity index (χ1) is 18.6. The van der Waals surface area contributed by atoms with Gasteiger partial charge in [-0.15, -0.1) is 0 Å². The summed E-state index contributed by atoms with van der Waals surface area (Å²) < 4.78 is 0. The summed E-state index contributed by atoms with van der Waals surface area (Å²) in [6.07, 6.45) is 22.0. The lowest BCUT2D eigenvalue weighted by Crippen LogP contribution is -2.13.